The molecule has 2 aromatic rings. The molecule has 1 saturated heterocycles. The van der Waals surface area contributed by atoms with Crippen LogP contribution < -0.4 is 9.62 Å². The summed E-state index contributed by atoms with van der Waals surface area (Å²) in [6.07, 6.45) is 2.84. The average molecular weight is 439 g/mol. The van der Waals surface area contributed by atoms with Crippen molar-refractivity contribution in [2.75, 3.05) is 42.1 Å². The number of anilines is 2. The minimum atomic E-state index is -3.38. The van der Waals surface area contributed by atoms with Crippen molar-refractivity contribution in [3.8, 4) is 0 Å². The number of sulfonamides is 1. The second kappa shape index (κ2) is 7.63. The highest BCUT2D eigenvalue weighted by Gasteiger charge is 2.23. The zero-order valence-electron chi connectivity index (χ0n) is 14.2. The number of carbonyl (C=O) groups is 1. The average Bonchev–Trinajstić information content (AvgIpc) is 2.61. The number of hydrogen-bond donors (Lipinski definition) is 1. The third-order valence-corrected chi connectivity index (χ3v) is 5.09. The highest BCUT2D eigenvalue weighted by atomic mass is 79.9. The Morgan fingerprint density at radius 2 is 1.88 bits per heavy atom. The first-order chi connectivity index (χ1) is 12.3. The van der Waals surface area contributed by atoms with Crippen molar-refractivity contribution < 1.29 is 13.2 Å². The summed E-state index contributed by atoms with van der Waals surface area (Å²) in [7, 11) is -3.38. The van der Waals surface area contributed by atoms with Crippen LogP contribution in [0.5, 0.6) is 0 Å². The number of rotatable bonds is 4. The number of nitrogens with zero attached hydrogens (tertiary/aromatic N) is 3. The summed E-state index contributed by atoms with van der Waals surface area (Å²) < 4.78 is 26.0. The number of benzene rings is 1. The highest BCUT2D eigenvalue weighted by Crippen LogP contribution is 2.19. The van der Waals surface area contributed by atoms with E-state index < -0.39 is 10.0 Å². The van der Waals surface area contributed by atoms with E-state index >= 15 is 0 Å². The molecule has 0 unspecified atom stereocenters. The number of nitrogens with one attached hydrogen (secondary N) is 1. The Morgan fingerprint density at radius 1 is 1.15 bits per heavy atom. The fourth-order valence-electron chi connectivity index (χ4n) is 2.81. The summed E-state index contributed by atoms with van der Waals surface area (Å²) in [6.45, 7) is 2.56. The zero-order valence-corrected chi connectivity index (χ0v) is 16.6. The van der Waals surface area contributed by atoms with E-state index in [1.807, 2.05) is 12.1 Å². The standard InChI is InChI=1S/C17H19BrN4O3S/c1-26(24,25)20-15-4-2-3-13(11-15)17(23)22-9-7-21(8-10-22)16-6-5-14(18)12-19-16/h2-6,11-12,20H,7-10H2,1H3. The molecule has 138 valence electrons. The molecular formula is C17H19BrN4O3S. The van der Waals surface area contributed by atoms with E-state index in [4.69, 9.17) is 0 Å². The van der Waals surface area contributed by atoms with E-state index in [2.05, 4.69) is 30.5 Å². The second-order valence-electron chi connectivity index (χ2n) is 6.07. The molecule has 1 amide bonds. The molecule has 1 aromatic heterocycles. The van der Waals surface area contributed by atoms with Gasteiger partial charge in [-0.25, -0.2) is 13.4 Å². The first kappa shape index (κ1) is 18.7. The number of aromatic nitrogens is 1. The molecule has 0 aliphatic carbocycles. The number of pyridine rings is 1. The summed E-state index contributed by atoms with van der Waals surface area (Å²) in [5, 5.41) is 0. The van der Waals surface area contributed by atoms with Gasteiger partial charge in [-0.1, -0.05) is 6.07 Å². The largest absolute Gasteiger partial charge is 0.353 e. The molecule has 0 saturated carbocycles. The monoisotopic (exact) mass is 438 g/mol. The van der Waals surface area contributed by atoms with E-state index in [-0.39, 0.29) is 5.91 Å². The van der Waals surface area contributed by atoms with Gasteiger partial charge in [-0.05, 0) is 46.3 Å². The Labute approximate surface area is 161 Å². The number of amides is 1. The van der Waals surface area contributed by atoms with E-state index in [0.717, 1.165) is 16.5 Å². The van der Waals surface area contributed by atoms with Crippen molar-refractivity contribution in [3.63, 3.8) is 0 Å². The number of carbonyl (C=O) groups excluding carboxylic acids is 1. The van der Waals surface area contributed by atoms with Gasteiger partial charge < -0.3 is 9.80 Å². The molecule has 1 aromatic carbocycles. The molecule has 26 heavy (non-hydrogen) atoms. The molecule has 7 nitrogen and oxygen atoms in total. The van der Waals surface area contributed by atoms with Crippen LogP contribution in [0.25, 0.3) is 0 Å². The molecule has 0 bridgehead atoms. The number of piperazine rings is 1. The van der Waals surface area contributed by atoms with E-state index in [9.17, 15) is 13.2 Å². The Morgan fingerprint density at radius 3 is 2.50 bits per heavy atom. The Balaban J connectivity index is 1.65. The van der Waals surface area contributed by atoms with Crippen LogP contribution in [0, 0.1) is 0 Å². The minimum absolute atomic E-state index is 0.106. The molecule has 0 radical (unpaired) electrons. The van der Waals surface area contributed by atoms with Crippen LogP contribution in [0.1, 0.15) is 10.4 Å². The van der Waals surface area contributed by atoms with Gasteiger partial charge >= 0.3 is 0 Å². The molecule has 3 rings (SSSR count). The summed E-state index contributed by atoms with van der Waals surface area (Å²) in [6, 6.07) is 10.4. The fraction of sp³-hybridized carbons (Fsp3) is 0.294. The smallest absolute Gasteiger partial charge is 0.254 e. The molecular weight excluding hydrogens is 420 g/mol. The van der Waals surface area contributed by atoms with Crippen molar-refractivity contribution in [1.82, 2.24) is 9.88 Å². The van der Waals surface area contributed by atoms with Gasteiger partial charge in [0.2, 0.25) is 10.0 Å². The van der Waals surface area contributed by atoms with E-state index in [1.165, 1.54) is 0 Å². The van der Waals surface area contributed by atoms with Gasteiger partial charge in [-0.15, -0.1) is 0 Å². The predicted molar refractivity (Wildman–Crippen MR) is 105 cm³/mol. The molecule has 2 heterocycles. The topological polar surface area (TPSA) is 82.6 Å². The summed E-state index contributed by atoms with van der Waals surface area (Å²) >= 11 is 3.37. The summed E-state index contributed by atoms with van der Waals surface area (Å²) in [5.74, 6) is 0.783. The number of halogens is 1. The van der Waals surface area contributed by atoms with Crippen molar-refractivity contribution in [1.29, 1.82) is 0 Å². The molecule has 0 spiro atoms. The van der Waals surface area contributed by atoms with Gasteiger partial charge in [-0.2, -0.15) is 0 Å². The third kappa shape index (κ3) is 4.73. The maximum Gasteiger partial charge on any atom is 0.254 e. The summed E-state index contributed by atoms with van der Waals surface area (Å²) in [5.41, 5.74) is 0.852. The van der Waals surface area contributed by atoms with Gasteiger partial charge in [0.1, 0.15) is 5.82 Å². The molecule has 1 fully saturated rings. The lowest BCUT2D eigenvalue weighted by molar-refractivity contribution is 0.0746. The van der Waals surface area contributed by atoms with Crippen LogP contribution in [-0.2, 0) is 10.0 Å². The van der Waals surface area contributed by atoms with Crippen LogP contribution in [0.2, 0.25) is 0 Å². The second-order valence-corrected chi connectivity index (χ2v) is 8.73. The third-order valence-electron chi connectivity index (χ3n) is 4.02. The lowest BCUT2D eigenvalue weighted by Gasteiger charge is -2.35. The minimum Gasteiger partial charge on any atom is -0.353 e. The van der Waals surface area contributed by atoms with E-state index in [0.29, 0.717) is 37.4 Å². The molecule has 1 N–H and O–H groups in total. The lowest BCUT2D eigenvalue weighted by Crippen LogP contribution is -2.49. The maximum atomic E-state index is 12.7. The van der Waals surface area contributed by atoms with Gasteiger partial charge in [0, 0.05) is 48.1 Å². The SMILES string of the molecule is CS(=O)(=O)Nc1cccc(C(=O)N2CCN(c3ccc(Br)cn3)CC2)c1. The normalized spacial score (nSPS) is 15.0. The molecule has 9 heteroatoms. The lowest BCUT2D eigenvalue weighted by atomic mass is 10.1. The predicted octanol–water partition coefficient (Wildman–Crippen LogP) is 2.18. The Hall–Kier alpha value is -2.13. The van der Waals surface area contributed by atoms with Crippen molar-refractivity contribution >= 4 is 43.4 Å². The van der Waals surface area contributed by atoms with Gasteiger partial charge in [0.25, 0.3) is 5.91 Å². The molecule has 0 atom stereocenters. The molecule has 1 aliphatic heterocycles. The van der Waals surface area contributed by atoms with Crippen molar-refractivity contribution in [3.05, 3.63) is 52.6 Å². The first-order valence-corrected chi connectivity index (χ1v) is 10.7. The maximum absolute atomic E-state index is 12.7. The van der Waals surface area contributed by atoms with Crippen molar-refractivity contribution in [2.24, 2.45) is 0 Å². The van der Waals surface area contributed by atoms with Crippen LogP contribution in [-0.4, -0.2) is 56.6 Å². The Bertz CT molecular complexity index is 894. The van der Waals surface area contributed by atoms with Crippen LogP contribution >= 0.6 is 15.9 Å². The first-order valence-electron chi connectivity index (χ1n) is 8.05. The van der Waals surface area contributed by atoms with Crippen molar-refractivity contribution in [2.45, 2.75) is 0 Å². The fourth-order valence-corrected chi connectivity index (χ4v) is 3.60. The number of hydrogen-bond acceptors (Lipinski definition) is 5. The van der Waals surface area contributed by atoms with Crippen LogP contribution in [0.15, 0.2) is 47.1 Å². The van der Waals surface area contributed by atoms with E-state index in [1.54, 1.807) is 35.4 Å². The Kier molecular flexibility index (Phi) is 5.47. The van der Waals surface area contributed by atoms with Crippen LogP contribution in [0.4, 0.5) is 11.5 Å². The zero-order chi connectivity index (χ0) is 18.7. The quantitative estimate of drug-likeness (QED) is 0.790. The molecule has 1 aliphatic rings. The van der Waals surface area contributed by atoms with Gasteiger partial charge in [-0.3, -0.25) is 9.52 Å². The highest BCUT2D eigenvalue weighted by molar-refractivity contribution is 9.10. The van der Waals surface area contributed by atoms with Gasteiger partial charge in [0.05, 0.1) is 6.26 Å². The van der Waals surface area contributed by atoms with Crippen LogP contribution in [0.3, 0.4) is 0 Å². The summed E-state index contributed by atoms with van der Waals surface area (Å²) in [4.78, 5) is 21.0. The van der Waals surface area contributed by atoms with Gasteiger partial charge in [0.15, 0.2) is 0 Å².